The van der Waals surface area contributed by atoms with Crippen molar-refractivity contribution in [2.75, 3.05) is 13.2 Å². The minimum atomic E-state index is -0.434. The van der Waals surface area contributed by atoms with Crippen LogP contribution in [0.3, 0.4) is 0 Å². The third-order valence-electron chi connectivity index (χ3n) is 3.84. The fourth-order valence-corrected chi connectivity index (χ4v) is 2.59. The van der Waals surface area contributed by atoms with E-state index in [1.807, 2.05) is 30.3 Å². The van der Waals surface area contributed by atoms with Crippen molar-refractivity contribution < 1.29 is 14.5 Å². The van der Waals surface area contributed by atoms with Crippen LogP contribution in [-0.2, 0) is 16.1 Å². The fraction of sp³-hybridized carbons (Fsp3) is 0.235. The van der Waals surface area contributed by atoms with Crippen molar-refractivity contribution in [3.8, 4) is 0 Å². The number of nitro groups is 1. The Morgan fingerprint density at radius 1 is 1.13 bits per heavy atom. The lowest BCUT2D eigenvalue weighted by Crippen LogP contribution is -2.42. The summed E-state index contributed by atoms with van der Waals surface area (Å²) in [6.45, 7) is 0.993. The van der Waals surface area contributed by atoms with Gasteiger partial charge in [0.25, 0.3) is 5.69 Å². The minimum Gasteiger partial charge on any atom is -0.362 e. The lowest BCUT2D eigenvalue weighted by molar-refractivity contribution is -0.384. The van der Waals surface area contributed by atoms with E-state index < -0.39 is 4.92 Å². The van der Waals surface area contributed by atoms with Crippen molar-refractivity contribution >= 4 is 11.6 Å². The Morgan fingerprint density at radius 3 is 2.48 bits per heavy atom. The normalized spacial score (nSPS) is 18.0. The lowest BCUT2D eigenvalue weighted by atomic mass is 10.1. The molecule has 0 N–H and O–H groups in total. The zero-order chi connectivity index (χ0) is 16.2. The van der Waals surface area contributed by atoms with Crippen LogP contribution in [0.4, 0.5) is 5.69 Å². The number of nitrogens with zero attached hydrogens (tertiary/aromatic N) is 2. The summed E-state index contributed by atoms with van der Waals surface area (Å²) in [4.78, 5) is 24.1. The number of rotatable bonds is 4. The highest BCUT2D eigenvalue weighted by molar-refractivity contribution is 5.78. The van der Waals surface area contributed by atoms with Gasteiger partial charge in [-0.05, 0) is 23.3 Å². The predicted octanol–water partition coefficient (Wildman–Crippen LogP) is 2.69. The molecule has 23 heavy (non-hydrogen) atoms. The molecule has 118 valence electrons. The zero-order valence-corrected chi connectivity index (χ0v) is 12.4. The Bertz CT molecular complexity index is 700. The third-order valence-corrected chi connectivity index (χ3v) is 3.84. The largest absolute Gasteiger partial charge is 0.362 e. The van der Waals surface area contributed by atoms with Crippen LogP contribution in [0.15, 0.2) is 54.6 Å². The molecule has 6 nitrogen and oxygen atoms in total. The van der Waals surface area contributed by atoms with Crippen molar-refractivity contribution in [2.24, 2.45) is 0 Å². The monoisotopic (exact) mass is 312 g/mol. The van der Waals surface area contributed by atoms with Crippen LogP contribution >= 0.6 is 0 Å². The molecule has 1 atom stereocenters. The molecule has 3 rings (SSSR count). The van der Waals surface area contributed by atoms with E-state index in [1.165, 1.54) is 12.1 Å². The Labute approximate surface area is 133 Å². The molecule has 0 aliphatic carbocycles. The first-order chi connectivity index (χ1) is 11.1. The summed E-state index contributed by atoms with van der Waals surface area (Å²) in [5.74, 6) is -0.0491. The van der Waals surface area contributed by atoms with Crippen LogP contribution < -0.4 is 0 Å². The molecule has 0 aromatic heterocycles. The van der Waals surface area contributed by atoms with Crippen molar-refractivity contribution in [3.05, 3.63) is 75.8 Å². The van der Waals surface area contributed by atoms with Gasteiger partial charge in [0.1, 0.15) is 12.7 Å². The zero-order valence-electron chi connectivity index (χ0n) is 12.4. The first-order valence-corrected chi connectivity index (χ1v) is 7.31. The van der Waals surface area contributed by atoms with Gasteiger partial charge in [0, 0.05) is 18.7 Å². The van der Waals surface area contributed by atoms with Gasteiger partial charge < -0.3 is 9.64 Å². The predicted molar refractivity (Wildman–Crippen MR) is 83.6 cm³/mol. The maximum absolute atomic E-state index is 12.0. The number of hydrogen-bond acceptors (Lipinski definition) is 4. The fourth-order valence-electron chi connectivity index (χ4n) is 2.59. The SMILES string of the molecule is O=C1COC(c2ccc([N+](=O)[O-])cc2)CN1Cc1ccccc1. The van der Waals surface area contributed by atoms with Crippen molar-refractivity contribution in [3.63, 3.8) is 0 Å². The van der Waals surface area contributed by atoms with Gasteiger partial charge in [-0.2, -0.15) is 0 Å². The Hall–Kier alpha value is -2.73. The standard InChI is InChI=1S/C17H16N2O4/c20-17-12-23-16(14-6-8-15(9-7-14)19(21)22)11-18(17)10-13-4-2-1-3-5-13/h1-9,16H,10-12H2. The summed E-state index contributed by atoms with van der Waals surface area (Å²) in [7, 11) is 0. The number of carbonyl (C=O) groups is 1. The summed E-state index contributed by atoms with van der Waals surface area (Å²) in [5, 5.41) is 10.7. The first kappa shape index (κ1) is 15.2. The second-order valence-electron chi connectivity index (χ2n) is 5.41. The first-order valence-electron chi connectivity index (χ1n) is 7.31. The Balaban J connectivity index is 1.72. The molecule has 6 heteroatoms. The van der Waals surface area contributed by atoms with Crippen LogP contribution in [0.1, 0.15) is 17.2 Å². The van der Waals surface area contributed by atoms with E-state index in [-0.39, 0.29) is 24.3 Å². The summed E-state index contributed by atoms with van der Waals surface area (Å²) < 4.78 is 5.58. The van der Waals surface area contributed by atoms with Gasteiger partial charge in [0.05, 0.1) is 11.5 Å². The van der Waals surface area contributed by atoms with Gasteiger partial charge in [-0.3, -0.25) is 14.9 Å². The average molecular weight is 312 g/mol. The second-order valence-corrected chi connectivity index (χ2v) is 5.41. The molecular weight excluding hydrogens is 296 g/mol. The minimum absolute atomic E-state index is 0.0223. The van der Waals surface area contributed by atoms with Crippen molar-refractivity contribution in [1.29, 1.82) is 0 Å². The third kappa shape index (κ3) is 3.54. The molecule has 1 heterocycles. The quantitative estimate of drug-likeness (QED) is 0.643. The number of ether oxygens (including phenoxy) is 1. The summed E-state index contributed by atoms with van der Waals surface area (Å²) in [6.07, 6.45) is -0.266. The van der Waals surface area contributed by atoms with Gasteiger partial charge in [0.15, 0.2) is 0 Å². The van der Waals surface area contributed by atoms with E-state index in [9.17, 15) is 14.9 Å². The van der Waals surface area contributed by atoms with E-state index in [0.29, 0.717) is 13.1 Å². The van der Waals surface area contributed by atoms with Crippen molar-refractivity contribution in [2.45, 2.75) is 12.6 Å². The molecule has 1 amide bonds. The highest BCUT2D eigenvalue weighted by Crippen LogP contribution is 2.25. The molecule has 0 radical (unpaired) electrons. The summed E-state index contributed by atoms with van der Waals surface area (Å²) >= 11 is 0. The number of amides is 1. The molecule has 1 fully saturated rings. The number of morpholine rings is 1. The highest BCUT2D eigenvalue weighted by Gasteiger charge is 2.27. The van der Waals surface area contributed by atoms with Crippen molar-refractivity contribution in [1.82, 2.24) is 4.90 Å². The van der Waals surface area contributed by atoms with Gasteiger partial charge in [0.2, 0.25) is 5.91 Å². The number of non-ortho nitro benzene ring substituents is 1. The van der Waals surface area contributed by atoms with Crippen LogP contribution in [0.25, 0.3) is 0 Å². The van der Waals surface area contributed by atoms with Gasteiger partial charge in [-0.15, -0.1) is 0 Å². The lowest BCUT2D eigenvalue weighted by Gasteiger charge is -2.33. The molecule has 1 saturated heterocycles. The van der Waals surface area contributed by atoms with Crippen LogP contribution in [-0.4, -0.2) is 28.9 Å². The molecule has 1 unspecified atom stereocenters. The van der Waals surface area contributed by atoms with Gasteiger partial charge >= 0.3 is 0 Å². The second kappa shape index (κ2) is 6.58. The van der Waals surface area contributed by atoms with E-state index in [4.69, 9.17) is 4.74 Å². The number of benzene rings is 2. The molecule has 0 saturated carbocycles. The van der Waals surface area contributed by atoms with E-state index >= 15 is 0 Å². The molecule has 0 spiro atoms. The Morgan fingerprint density at radius 2 is 1.83 bits per heavy atom. The van der Waals surface area contributed by atoms with E-state index in [1.54, 1.807) is 17.0 Å². The molecule has 2 aromatic carbocycles. The van der Waals surface area contributed by atoms with Crippen LogP contribution in [0, 0.1) is 10.1 Å². The number of hydrogen-bond donors (Lipinski definition) is 0. The molecule has 1 aliphatic rings. The van der Waals surface area contributed by atoms with Crippen LogP contribution in [0.2, 0.25) is 0 Å². The topological polar surface area (TPSA) is 72.7 Å². The molecule has 0 bridgehead atoms. The maximum Gasteiger partial charge on any atom is 0.269 e. The summed E-state index contributed by atoms with van der Waals surface area (Å²) in [5.41, 5.74) is 1.94. The molecule has 2 aromatic rings. The van der Waals surface area contributed by atoms with Crippen LogP contribution in [0.5, 0.6) is 0 Å². The molecular formula is C17H16N2O4. The smallest absolute Gasteiger partial charge is 0.269 e. The number of nitro benzene ring substituents is 1. The molecule has 1 aliphatic heterocycles. The maximum atomic E-state index is 12.0. The van der Waals surface area contributed by atoms with E-state index in [2.05, 4.69) is 0 Å². The summed E-state index contributed by atoms with van der Waals surface area (Å²) in [6, 6.07) is 16.0. The average Bonchev–Trinajstić information content (AvgIpc) is 2.58. The highest BCUT2D eigenvalue weighted by atomic mass is 16.6. The Kier molecular flexibility index (Phi) is 4.34. The van der Waals surface area contributed by atoms with Gasteiger partial charge in [-0.1, -0.05) is 30.3 Å². The van der Waals surface area contributed by atoms with Gasteiger partial charge in [-0.25, -0.2) is 0 Å². The van der Waals surface area contributed by atoms with E-state index in [0.717, 1.165) is 11.1 Å². The number of carbonyl (C=O) groups excluding carboxylic acids is 1.